The summed E-state index contributed by atoms with van der Waals surface area (Å²) in [5.74, 6) is 0.919. The van der Waals surface area contributed by atoms with Gasteiger partial charge in [0.15, 0.2) is 0 Å². The van der Waals surface area contributed by atoms with Gasteiger partial charge < -0.3 is 5.73 Å². The van der Waals surface area contributed by atoms with Gasteiger partial charge in [0.05, 0.1) is 0 Å². The van der Waals surface area contributed by atoms with E-state index in [0.717, 1.165) is 12.1 Å². The van der Waals surface area contributed by atoms with Crippen LogP contribution in [0.5, 0.6) is 0 Å². The van der Waals surface area contributed by atoms with E-state index in [-0.39, 0.29) is 0 Å². The van der Waals surface area contributed by atoms with Crippen molar-refractivity contribution >= 4 is 5.69 Å². The van der Waals surface area contributed by atoms with Gasteiger partial charge in [-0.3, -0.25) is 0 Å². The minimum absolute atomic E-state index is 0.400. The molecule has 3 aromatic carbocycles. The largest absolute Gasteiger partial charge is 0.399 e. The van der Waals surface area contributed by atoms with E-state index in [2.05, 4.69) is 67.6 Å². The van der Waals surface area contributed by atoms with Crippen LogP contribution in [0.3, 0.4) is 0 Å². The van der Waals surface area contributed by atoms with Gasteiger partial charge in [-0.2, -0.15) is 0 Å². The second-order valence-electron chi connectivity index (χ2n) is 6.90. The van der Waals surface area contributed by atoms with Crippen LogP contribution < -0.4 is 5.73 Å². The lowest BCUT2D eigenvalue weighted by molar-refractivity contribution is 0.524. The summed E-state index contributed by atoms with van der Waals surface area (Å²) in [6.45, 7) is 2.18. The fourth-order valence-corrected chi connectivity index (χ4v) is 4.12. The van der Waals surface area contributed by atoms with Gasteiger partial charge in [0.2, 0.25) is 0 Å². The van der Waals surface area contributed by atoms with Crippen molar-refractivity contribution < 1.29 is 0 Å². The van der Waals surface area contributed by atoms with E-state index < -0.39 is 0 Å². The first kappa shape index (κ1) is 15.0. The van der Waals surface area contributed by atoms with Crippen LogP contribution in [0, 0.1) is 6.92 Å². The number of fused-ring (bicyclic) bond motifs is 1. The van der Waals surface area contributed by atoms with Gasteiger partial charge in [-0.15, -0.1) is 0 Å². The maximum atomic E-state index is 5.92. The summed E-state index contributed by atoms with van der Waals surface area (Å²) >= 11 is 0. The molecule has 24 heavy (non-hydrogen) atoms. The molecule has 1 heteroatoms. The monoisotopic (exact) mass is 313 g/mol. The lowest BCUT2D eigenvalue weighted by Crippen LogP contribution is -2.20. The standard InChI is InChI=1S/C23H23N/c1-16-7-13-22-19(15-16)10-14-21(17-5-3-2-4-6-17)23(22)18-8-11-20(24)12-9-18/h2-9,11-13,15,21,23H,10,14,24H2,1H3/t21-,23+/m0/s1. The minimum Gasteiger partial charge on any atom is -0.399 e. The van der Waals surface area contributed by atoms with Gasteiger partial charge in [0.1, 0.15) is 0 Å². The molecule has 1 nitrogen and oxygen atoms in total. The fraction of sp³-hybridized carbons (Fsp3) is 0.217. The van der Waals surface area contributed by atoms with E-state index in [1.807, 2.05) is 12.1 Å². The molecule has 2 atom stereocenters. The van der Waals surface area contributed by atoms with Crippen LogP contribution >= 0.6 is 0 Å². The van der Waals surface area contributed by atoms with Crippen LogP contribution in [-0.4, -0.2) is 0 Å². The highest BCUT2D eigenvalue weighted by Crippen LogP contribution is 2.46. The zero-order valence-corrected chi connectivity index (χ0v) is 14.1. The molecule has 0 heterocycles. The molecule has 0 aliphatic heterocycles. The van der Waals surface area contributed by atoms with Crippen molar-refractivity contribution in [3.63, 3.8) is 0 Å². The first-order valence-corrected chi connectivity index (χ1v) is 8.72. The van der Waals surface area contributed by atoms with Crippen LogP contribution in [0.1, 0.15) is 46.1 Å². The molecular weight excluding hydrogens is 290 g/mol. The summed E-state index contributed by atoms with van der Waals surface area (Å²) in [4.78, 5) is 0. The summed E-state index contributed by atoms with van der Waals surface area (Å²) < 4.78 is 0. The van der Waals surface area contributed by atoms with Crippen molar-refractivity contribution in [3.8, 4) is 0 Å². The lowest BCUT2D eigenvalue weighted by Gasteiger charge is -2.35. The number of aryl methyl sites for hydroxylation is 2. The van der Waals surface area contributed by atoms with Crippen LogP contribution in [0.25, 0.3) is 0 Å². The van der Waals surface area contributed by atoms with Gasteiger partial charge >= 0.3 is 0 Å². The molecule has 1 aliphatic rings. The van der Waals surface area contributed by atoms with Gasteiger partial charge in [0.25, 0.3) is 0 Å². The van der Waals surface area contributed by atoms with Crippen molar-refractivity contribution in [1.82, 2.24) is 0 Å². The van der Waals surface area contributed by atoms with Crippen molar-refractivity contribution in [2.75, 3.05) is 5.73 Å². The Labute approximate surface area is 144 Å². The molecule has 0 fully saturated rings. The maximum Gasteiger partial charge on any atom is 0.0314 e. The summed E-state index contributed by atoms with van der Waals surface area (Å²) in [7, 11) is 0. The molecule has 0 spiro atoms. The van der Waals surface area contributed by atoms with Crippen LogP contribution in [0.2, 0.25) is 0 Å². The number of benzene rings is 3. The van der Waals surface area contributed by atoms with Gasteiger partial charge in [0, 0.05) is 11.6 Å². The van der Waals surface area contributed by atoms with Crippen LogP contribution in [0.15, 0.2) is 72.8 Å². The van der Waals surface area contributed by atoms with Gasteiger partial charge in [-0.1, -0.05) is 66.2 Å². The number of rotatable bonds is 2. The smallest absolute Gasteiger partial charge is 0.0314 e. The number of nitrogens with two attached hydrogens (primary N) is 1. The normalized spacial score (nSPS) is 19.7. The first-order chi connectivity index (χ1) is 11.7. The zero-order valence-electron chi connectivity index (χ0n) is 14.1. The highest BCUT2D eigenvalue weighted by molar-refractivity contribution is 5.49. The zero-order chi connectivity index (χ0) is 16.5. The highest BCUT2D eigenvalue weighted by Gasteiger charge is 2.31. The molecule has 0 saturated heterocycles. The average Bonchev–Trinajstić information content (AvgIpc) is 2.62. The highest BCUT2D eigenvalue weighted by atomic mass is 14.5. The van der Waals surface area contributed by atoms with Gasteiger partial charge in [-0.05, 0) is 60.1 Å². The summed E-state index contributed by atoms with van der Waals surface area (Å²) in [6, 6.07) is 26.3. The van der Waals surface area contributed by atoms with Crippen molar-refractivity contribution in [3.05, 3.63) is 101 Å². The predicted octanol–water partition coefficient (Wildman–Crippen LogP) is 5.44. The molecule has 1 aliphatic carbocycles. The van der Waals surface area contributed by atoms with E-state index in [4.69, 9.17) is 5.73 Å². The Balaban J connectivity index is 1.86. The van der Waals surface area contributed by atoms with Crippen molar-refractivity contribution in [2.24, 2.45) is 0 Å². The molecular formula is C23H23N. The molecule has 4 rings (SSSR count). The van der Waals surface area contributed by atoms with Crippen molar-refractivity contribution in [1.29, 1.82) is 0 Å². The summed E-state index contributed by atoms with van der Waals surface area (Å²) in [6.07, 6.45) is 2.34. The third-order valence-corrected chi connectivity index (χ3v) is 5.28. The molecule has 120 valence electrons. The van der Waals surface area contributed by atoms with E-state index in [1.165, 1.54) is 34.2 Å². The number of hydrogen-bond donors (Lipinski definition) is 1. The second-order valence-corrected chi connectivity index (χ2v) is 6.90. The molecule has 0 radical (unpaired) electrons. The van der Waals surface area contributed by atoms with E-state index in [9.17, 15) is 0 Å². The Morgan fingerprint density at radius 1 is 0.833 bits per heavy atom. The third kappa shape index (κ3) is 2.71. The van der Waals surface area contributed by atoms with Crippen LogP contribution in [0.4, 0.5) is 5.69 Å². The number of nitrogen functional groups attached to an aromatic ring is 1. The quantitative estimate of drug-likeness (QED) is 0.626. The molecule has 0 unspecified atom stereocenters. The Morgan fingerprint density at radius 2 is 1.58 bits per heavy atom. The van der Waals surface area contributed by atoms with E-state index in [1.54, 1.807) is 0 Å². The SMILES string of the molecule is Cc1ccc2c(c1)CC[C@@H](c1ccccc1)[C@H]2c1ccc(N)cc1. The number of hydrogen-bond acceptors (Lipinski definition) is 1. The van der Waals surface area contributed by atoms with E-state index >= 15 is 0 Å². The Morgan fingerprint density at radius 3 is 2.33 bits per heavy atom. The van der Waals surface area contributed by atoms with Gasteiger partial charge in [-0.25, -0.2) is 0 Å². The molecule has 2 N–H and O–H groups in total. The Kier molecular flexibility index (Phi) is 3.86. The van der Waals surface area contributed by atoms with E-state index in [0.29, 0.717) is 11.8 Å². The number of anilines is 1. The summed E-state index contributed by atoms with van der Waals surface area (Å²) in [5, 5.41) is 0. The van der Waals surface area contributed by atoms with Crippen molar-refractivity contribution in [2.45, 2.75) is 31.6 Å². The lowest BCUT2D eigenvalue weighted by atomic mass is 9.69. The minimum atomic E-state index is 0.400. The first-order valence-electron chi connectivity index (χ1n) is 8.72. The average molecular weight is 313 g/mol. The Bertz CT molecular complexity index is 834. The Hall–Kier alpha value is -2.54. The second kappa shape index (κ2) is 6.16. The maximum absolute atomic E-state index is 5.92. The molecule has 0 aromatic heterocycles. The van der Waals surface area contributed by atoms with Crippen LogP contribution in [-0.2, 0) is 6.42 Å². The molecule has 0 amide bonds. The fourth-order valence-electron chi connectivity index (χ4n) is 4.12. The topological polar surface area (TPSA) is 26.0 Å². The predicted molar refractivity (Wildman–Crippen MR) is 101 cm³/mol. The molecule has 0 bridgehead atoms. The molecule has 0 saturated carbocycles. The third-order valence-electron chi connectivity index (χ3n) is 5.28. The molecule has 3 aromatic rings. The summed E-state index contributed by atoms with van der Waals surface area (Å²) in [5.41, 5.74) is 13.9.